The second-order valence-corrected chi connectivity index (χ2v) is 5.01. The lowest BCUT2D eigenvalue weighted by atomic mass is 10.2. The van der Waals surface area contributed by atoms with Crippen LogP contribution in [0.15, 0.2) is 35.2 Å². The van der Waals surface area contributed by atoms with Crippen molar-refractivity contribution in [3.8, 4) is 0 Å². The summed E-state index contributed by atoms with van der Waals surface area (Å²) in [5, 5.41) is 11.3. The summed E-state index contributed by atoms with van der Waals surface area (Å²) >= 11 is 3.12. The average Bonchev–Trinajstić information content (AvgIpc) is 2.87. The molecule has 2 N–H and O–H groups in total. The second-order valence-electron chi connectivity index (χ2n) is 4.15. The highest BCUT2D eigenvalue weighted by atomic mass is 79.9. The van der Waals surface area contributed by atoms with Gasteiger partial charge in [0.1, 0.15) is 5.82 Å². The molecule has 2 aromatic rings. The topological polar surface area (TPSA) is 84.2 Å². The molecule has 6 nitrogen and oxygen atoms in total. The van der Waals surface area contributed by atoms with E-state index >= 15 is 0 Å². The standard InChI is InChI=1S/C13H11BrFN3O3/c14-8-2-1-3-9(15)11(8)12(19)16-4-5-18-6-10(13(20)21)17-7-18/h1-3,6-7H,4-5H2,(H,16,19)(H,20,21). The second kappa shape index (κ2) is 6.49. The summed E-state index contributed by atoms with van der Waals surface area (Å²) < 4.78 is 15.5. The van der Waals surface area contributed by atoms with Gasteiger partial charge in [0, 0.05) is 23.8 Å². The molecule has 1 aromatic heterocycles. The number of carbonyl (C=O) groups is 2. The molecule has 0 bridgehead atoms. The van der Waals surface area contributed by atoms with Crippen LogP contribution in [0.2, 0.25) is 0 Å². The summed E-state index contributed by atoms with van der Waals surface area (Å²) in [7, 11) is 0. The van der Waals surface area contributed by atoms with Gasteiger partial charge in [-0.25, -0.2) is 14.2 Å². The molecule has 0 aliphatic carbocycles. The fraction of sp³-hybridized carbons (Fsp3) is 0.154. The number of halogens is 2. The molecule has 0 saturated heterocycles. The Kier molecular flexibility index (Phi) is 4.69. The van der Waals surface area contributed by atoms with Gasteiger partial charge in [0.25, 0.3) is 5.91 Å². The van der Waals surface area contributed by atoms with Crippen molar-refractivity contribution in [1.29, 1.82) is 0 Å². The van der Waals surface area contributed by atoms with E-state index in [1.807, 2.05) is 0 Å². The number of carbonyl (C=O) groups excluding carboxylic acids is 1. The Labute approximate surface area is 127 Å². The van der Waals surface area contributed by atoms with Crippen molar-refractivity contribution in [2.45, 2.75) is 6.54 Å². The number of aromatic carboxylic acids is 1. The number of hydrogen-bond acceptors (Lipinski definition) is 3. The van der Waals surface area contributed by atoms with Crippen LogP contribution in [0.4, 0.5) is 4.39 Å². The maximum atomic E-state index is 13.6. The molecular weight excluding hydrogens is 345 g/mol. The van der Waals surface area contributed by atoms with Gasteiger partial charge in [-0.15, -0.1) is 0 Å². The number of carboxylic acid groups (broad SMARTS) is 1. The normalized spacial score (nSPS) is 10.4. The van der Waals surface area contributed by atoms with E-state index in [0.717, 1.165) is 0 Å². The van der Waals surface area contributed by atoms with Crippen LogP contribution < -0.4 is 5.32 Å². The third-order valence-electron chi connectivity index (χ3n) is 2.70. The zero-order chi connectivity index (χ0) is 15.4. The molecule has 21 heavy (non-hydrogen) atoms. The summed E-state index contributed by atoms with van der Waals surface area (Å²) in [5.74, 6) is -2.27. The Balaban J connectivity index is 1.94. The Bertz CT molecular complexity index is 667. The van der Waals surface area contributed by atoms with Crippen molar-refractivity contribution in [2.75, 3.05) is 6.54 Å². The Morgan fingerprint density at radius 3 is 2.81 bits per heavy atom. The zero-order valence-electron chi connectivity index (χ0n) is 10.7. The summed E-state index contributed by atoms with van der Waals surface area (Å²) in [5.41, 5.74) is -0.132. The Hall–Kier alpha value is -2.22. The van der Waals surface area contributed by atoms with Gasteiger partial charge in [0.2, 0.25) is 0 Å². The van der Waals surface area contributed by atoms with Crippen LogP contribution in [0.3, 0.4) is 0 Å². The molecule has 1 heterocycles. The van der Waals surface area contributed by atoms with E-state index in [1.54, 1.807) is 6.07 Å². The smallest absolute Gasteiger partial charge is 0.356 e. The van der Waals surface area contributed by atoms with Gasteiger partial charge < -0.3 is 15.0 Å². The average molecular weight is 356 g/mol. The lowest BCUT2D eigenvalue weighted by molar-refractivity contribution is 0.0690. The van der Waals surface area contributed by atoms with E-state index in [1.165, 1.54) is 29.2 Å². The first-order valence-corrected chi connectivity index (χ1v) is 6.75. The number of hydrogen-bond donors (Lipinski definition) is 2. The van der Waals surface area contributed by atoms with Crippen LogP contribution in [0.1, 0.15) is 20.8 Å². The highest BCUT2D eigenvalue weighted by molar-refractivity contribution is 9.10. The fourth-order valence-corrected chi connectivity index (χ4v) is 2.22. The van der Waals surface area contributed by atoms with Gasteiger partial charge in [0.15, 0.2) is 5.69 Å². The summed E-state index contributed by atoms with van der Waals surface area (Å²) in [6.07, 6.45) is 2.71. The van der Waals surface area contributed by atoms with Gasteiger partial charge in [-0.1, -0.05) is 6.07 Å². The zero-order valence-corrected chi connectivity index (χ0v) is 12.3. The number of benzene rings is 1. The first kappa shape index (κ1) is 15.2. The molecule has 0 unspecified atom stereocenters. The molecule has 0 spiro atoms. The van der Waals surface area contributed by atoms with Crippen molar-refractivity contribution < 1.29 is 19.1 Å². The minimum absolute atomic E-state index is 0.0608. The van der Waals surface area contributed by atoms with Crippen LogP contribution in [-0.4, -0.2) is 33.1 Å². The van der Waals surface area contributed by atoms with Crippen molar-refractivity contribution in [3.63, 3.8) is 0 Å². The van der Waals surface area contributed by atoms with Crippen LogP contribution in [0.5, 0.6) is 0 Å². The van der Waals surface area contributed by atoms with Gasteiger partial charge in [-0.3, -0.25) is 4.79 Å². The Morgan fingerprint density at radius 2 is 2.19 bits per heavy atom. The molecule has 1 aromatic carbocycles. The molecule has 8 heteroatoms. The summed E-state index contributed by atoms with van der Waals surface area (Å²) in [6.45, 7) is 0.549. The van der Waals surface area contributed by atoms with Crippen molar-refractivity contribution in [1.82, 2.24) is 14.9 Å². The number of nitrogens with zero attached hydrogens (tertiary/aromatic N) is 2. The monoisotopic (exact) mass is 355 g/mol. The number of amides is 1. The largest absolute Gasteiger partial charge is 0.476 e. The van der Waals surface area contributed by atoms with E-state index in [2.05, 4.69) is 26.2 Å². The maximum Gasteiger partial charge on any atom is 0.356 e. The quantitative estimate of drug-likeness (QED) is 0.857. The molecule has 2 rings (SSSR count). The first-order valence-electron chi connectivity index (χ1n) is 5.96. The minimum atomic E-state index is -1.12. The molecule has 0 radical (unpaired) electrons. The van der Waals surface area contributed by atoms with Gasteiger partial charge in [-0.2, -0.15) is 0 Å². The molecule has 0 saturated carbocycles. The van der Waals surface area contributed by atoms with Crippen LogP contribution in [0.25, 0.3) is 0 Å². The predicted octanol–water partition coefficient (Wildman–Crippen LogP) is 1.91. The SMILES string of the molecule is O=C(O)c1cn(CCNC(=O)c2c(F)cccc2Br)cn1. The van der Waals surface area contributed by atoms with Crippen LogP contribution >= 0.6 is 15.9 Å². The highest BCUT2D eigenvalue weighted by Crippen LogP contribution is 2.19. The predicted molar refractivity (Wildman–Crippen MR) is 75.6 cm³/mol. The van der Waals surface area contributed by atoms with Gasteiger partial charge in [0.05, 0.1) is 11.9 Å². The summed E-state index contributed by atoms with van der Waals surface area (Å²) in [6, 6.07) is 4.27. The number of nitrogens with one attached hydrogen (secondary N) is 1. The van der Waals surface area contributed by atoms with E-state index in [4.69, 9.17) is 5.11 Å². The lowest BCUT2D eigenvalue weighted by Gasteiger charge is -2.08. The van der Waals surface area contributed by atoms with Gasteiger partial charge >= 0.3 is 5.97 Å². The summed E-state index contributed by atoms with van der Waals surface area (Å²) in [4.78, 5) is 26.2. The molecule has 0 fully saturated rings. The molecule has 1 amide bonds. The van der Waals surface area contributed by atoms with Crippen molar-refractivity contribution in [3.05, 3.63) is 52.3 Å². The van der Waals surface area contributed by atoms with E-state index in [-0.39, 0.29) is 17.8 Å². The van der Waals surface area contributed by atoms with Crippen molar-refractivity contribution >= 4 is 27.8 Å². The van der Waals surface area contributed by atoms with Crippen molar-refractivity contribution in [2.24, 2.45) is 0 Å². The van der Waals surface area contributed by atoms with E-state index in [0.29, 0.717) is 11.0 Å². The minimum Gasteiger partial charge on any atom is -0.476 e. The highest BCUT2D eigenvalue weighted by Gasteiger charge is 2.14. The van der Waals surface area contributed by atoms with Crippen LogP contribution in [-0.2, 0) is 6.54 Å². The maximum absolute atomic E-state index is 13.6. The first-order chi connectivity index (χ1) is 9.99. The van der Waals surface area contributed by atoms with E-state index < -0.39 is 17.7 Å². The van der Waals surface area contributed by atoms with Crippen LogP contribution in [0, 0.1) is 5.82 Å². The lowest BCUT2D eigenvalue weighted by Crippen LogP contribution is -2.28. The fourth-order valence-electron chi connectivity index (χ4n) is 1.69. The molecule has 110 valence electrons. The number of aromatic nitrogens is 2. The molecule has 0 aliphatic rings. The number of imidazole rings is 1. The molecule has 0 atom stereocenters. The Morgan fingerprint density at radius 1 is 1.43 bits per heavy atom. The van der Waals surface area contributed by atoms with Gasteiger partial charge in [-0.05, 0) is 28.1 Å². The molecular formula is C13H11BrFN3O3. The number of rotatable bonds is 5. The molecule has 0 aliphatic heterocycles. The van der Waals surface area contributed by atoms with E-state index in [9.17, 15) is 14.0 Å². The number of carboxylic acids is 1. The third-order valence-corrected chi connectivity index (χ3v) is 3.36. The third kappa shape index (κ3) is 3.66.